The third-order valence-corrected chi connectivity index (χ3v) is 5.88. The summed E-state index contributed by atoms with van der Waals surface area (Å²) < 4.78 is 0. The molecule has 0 bridgehead atoms. The van der Waals surface area contributed by atoms with Gasteiger partial charge in [0.1, 0.15) is 6.17 Å². The monoisotopic (exact) mass is 306 g/mol. The molecule has 21 heavy (non-hydrogen) atoms. The van der Waals surface area contributed by atoms with Crippen LogP contribution in [0.15, 0.2) is 12.1 Å². The van der Waals surface area contributed by atoms with E-state index in [9.17, 15) is 4.79 Å². The van der Waals surface area contributed by atoms with Crippen molar-refractivity contribution in [2.75, 3.05) is 6.54 Å². The van der Waals surface area contributed by atoms with Gasteiger partial charge in [0, 0.05) is 16.3 Å². The number of hydrogen-bond donors (Lipinski definition) is 1. The average Bonchev–Trinajstić information content (AvgIpc) is 3.11. The Morgan fingerprint density at radius 3 is 2.67 bits per heavy atom. The average molecular weight is 306 g/mol. The number of amides is 1. The van der Waals surface area contributed by atoms with Gasteiger partial charge in [0.05, 0.1) is 5.54 Å². The fraction of sp³-hybridized carbons (Fsp3) is 0.706. The first-order valence-electron chi connectivity index (χ1n) is 8.17. The first kappa shape index (κ1) is 15.0. The van der Waals surface area contributed by atoms with Crippen LogP contribution in [0.3, 0.4) is 0 Å². The van der Waals surface area contributed by atoms with E-state index in [0.717, 1.165) is 25.8 Å². The Morgan fingerprint density at radius 1 is 1.38 bits per heavy atom. The van der Waals surface area contributed by atoms with Crippen LogP contribution in [0.1, 0.15) is 61.9 Å². The van der Waals surface area contributed by atoms with Gasteiger partial charge in [-0.05, 0) is 44.2 Å². The van der Waals surface area contributed by atoms with Crippen LogP contribution in [0, 0.1) is 12.8 Å². The predicted molar refractivity (Wildman–Crippen MR) is 87.3 cm³/mol. The molecule has 1 N–H and O–H groups in total. The Hall–Kier alpha value is -0.870. The standard InChI is InChI=1S/C17H26N2OS/c1-12(2)8-11-19-15(14-7-6-13(3)21-14)18-17(16(19)20)9-4-5-10-17/h6-7,12,15,18H,4-5,8-11H2,1-3H3. The molecule has 3 nitrogen and oxygen atoms in total. The zero-order valence-corrected chi connectivity index (χ0v) is 14.1. The molecular weight excluding hydrogens is 280 g/mol. The Labute approximate surface area is 131 Å². The van der Waals surface area contributed by atoms with Crippen molar-refractivity contribution in [1.29, 1.82) is 0 Å². The van der Waals surface area contributed by atoms with E-state index in [1.165, 1.54) is 22.6 Å². The molecule has 1 amide bonds. The predicted octanol–water partition coefficient (Wildman–Crippen LogP) is 3.85. The van der Waals surface area contributed by atoms with Gasteiger partial charge in [0.25, 0.3) is 0 Å². The molecule has 1 saturated heterocycles. The van der Waals surface area contributed by atoms with Gasteiger partial charge in [0.15, 0.2) is 0 Å². The molecule has 0 radical (unpaired) electrons. The number of thiophene rings is 1. The van der Waals surface area contributed by atoms with Crippen molar-refractivity contribution in [3.05, 3.63) is 21.9 Å². The quantitative estimate of drug-likeness (QED) is 0.916. The van der Waals surface area contributed by atoms with Gasteiger partial charge >= 0.3 is 0 Å². The first-order valence-corrected chi connectivity index (χ1v) is 8.98. The third kappa shape index (κ3) is 2.76. The molecule has 1 aromatic rings. The lowest BCUT2D eigenvalue weighted by molar-refractivity contribution is -0.133. The summed E-state index contributed by atoms with van der Waals surface area (Å²) in [6.45, 7) is 7.45. The van der Waals surface area contributed by atoms with Crippen molar-refractivity contribution in [2.45, 2.75) is 64.6 Å². The molecule has 1 aliphatic heterocycles. The first-order chi connectivity index (χ1) is 10.0. The van der Waals surface area contributed by atoms with Crippen LogP contribution in [0.2, 0.25) is 0 Å². The second kappa shape index (κ2) is 5.73. The number of rotatable bonds is 4. The molecule has 1 aromatic heterocycles. The maximum Gasteiger partial charge on any atom is 0.244 e. The van der Waals surface area contributed by atoms with Crippen molar-refractivity contribution in [3.8, 4) is 0 Å². The SMILES string of the molecule is Cc1ccc(C2NC3(CCCC3)C(=O)N2CCC(C)C)s1. The summed E-state index contributed by atoms with van der Waals surface area (Å²) in [6, 6.07) is 4.34. The van der Waals surface area contributed by atoms with Gasteiger partial charge < -0.3 is 4.90 Å². The highest BCUT2D eigenvalue weighted by atomic mass is 32.1. The highest BCUT2D eigenvalue weighted by Gasteiger charge is 2.52. The van der Waals surface area contributed by atoms with E-state index in [2.05, 4.69) is 43.1 Å². The lowest BCUT2D eigenvalue weighted by atomic mass is 9.98. The molecule has 4 heteroatoms. The third-order valence-electron chi connectivity index (χ3n) is 4.83. The molecule has 3 rings (SSSR count). The molecule has 1 unspecified atom stereocenters. The Kier molecular flexibility index (Phi) is 4.10. The van der Waals surface area contributed by atoms with E-state index in [1.807, 2.05) is 11.3 Å². The number of carbonyl (C=O) groups is 1. The van der Waals surface area contributed by atoms with Gasteiger partial charge in [-0.3, -0.25) is 10.1 Å². The molecule has 1 spiro atoms. The molecule has 2 heterocycles. The van der Waals surface area contributed by atoms with E-state index in [4.69, 9.17) is 0 Å². The minimum atomic E-state index is -0.264. The topological polar surface area (TPSA) is 32.3 Å². The Morgan fingerprint density at radius 2 is 2.10 bits per heavy atom. The maximum absolute atomic E-state index is 13.0. The van der Waals surface area contributed by atoms with Crippen molar-refractivity contribution in [3.63, 3.8) is 0 Å². The number of hydrogen-bond acceptors (Lipinski definition) is 3. The summed E-state index contributed by atoms with van der Waals surface area (Å²) >= 11 is 1.81. The molecule has 116 valence electrons. The zero-order valence-electron chi connectivity index (χ0n) is 13.3. The minimum absolute atomic E-state index is 0.0908. The lowest BCUT2D eigenvalue weighted by Crippen LogP contribution is -2.44. The largest absolute Gasteiger partial charge is 0.320 e. The van der Waals surface area contributed by atoms with Crippen LogP contribution in [0.5, 0.6) is 0 Å². The van der Waals surface area contributed by atoms with Crippen LogP contribution in [-0.2, 0) is 4.79 Å². The molecular formula is C17H26N2OS. The van der Waals surface area contributed by atoms with Crippen LogP contribution in [0.4, 0.5) is 0 Å². The molecule has 1 atom stereocenters. The summed E-state index contributed by atoms with van der Waals surface area (Å²) in [6.07, 6.45) is 5.52. The smallest absolute Gasteiger partial charge is 0.244 e. The highest BCUT2D eigenvalue weighted by molar-refractivity contribution is 7.12. The van der Waals surface area contributed by atoms with E-state index in [1.54, 1.807) is 0 Å². The van der Waals surface area contributed by atoms with E-state index in [-0.39, 0.29) is 11.7 Å². The van der Waals surface area contributed by atoms with Gasteiger partial charge in [-0.15, -0.1) is 11.3 Å². The normalized spacial score (nSPS) is 24.7. The number of carbonyl (C=O) groups excluding carboxylic acids is 1. The molecule has 2 aliphatic rings. The fourth-order valence-electron chi connectivity index (χ4n) is 3.58. The molecule has 0 aromatic carbocycles. The van der Waals surface area contributed by atoms with Crippen molar-refractivity contribution < 1.29 is 4.79 Å². The van der Waals surface area contributed by atoms with Gasteiger partial charge in [-0.1, -0.05) is 26.7 Å². The van der Waals surface area contributed by atoms with Crippen LogP contribution < -0.4 is 5.32 Å². The fourth-order valence-corrected chi connectivity index (χ4v) is 4.53. The second-order valence-electron chi connectivity index (χ2n) is 6.97. The van der Waals surface area contributed by atoms with Crippen molar-refractivity contribution in [1.82, 2.24) is 10.2 Å². The number of nitrogens with zero attached hydrogens (tertiary/aromatic N) is 1. The Balaban J connectivity index is 1.86. The number of nitrogens with one attached hydrogen (secondary N) is 1. The van der Waals surface area contributed by atoms with Crippen LogP contribution >= 0.6 is 11.3 Å². The zero-order chi connectivity index (χ0) is 15.0. The number of aryl methyl sites for hydroxylation is 1. The Bertz CT molecular complexity index is 517. The molecule has 1 aliphatic carbocycles. The molecule has 2 fully saturated rings. The van der Waals surface area contributed by atoms with Gasteiger partial charge in [0.2, 0.25) is 5.91 Å². The van der Waals surface area contributed by atoms with Crippen molar-refractivity contribution in [2.24, 2.45) is 5.92 Å². The second-order valence-corrected chi connectivity index (χ2v) is 8.29. The summed E-state index contributed by atoms with van der Waals surface area (Å²) in [4.78, 5) is 17.7. The van der Waals surface area contributed by atoms with Crippen molar-refractivity contribution >= 4 is 17.2 Å². The summed E-state index contributed by atoms with van der Waals surface area (Å²) in [5.74, 6) is 0.973. The minimum Gasteiger partial charge on any atom is -0.320 e. The van der Waals surface area contributed by atoms with Crippen LogP contribution in [-0.4, -0.2) is 22.9 Å². The van der Waals surface area contributed by atoms with Crippen LogP contribution in [0.25, 0.3) is 0 Å². The summed E-state index contributed by atoms with van der Waals surface area (Å²) in [5, 5.41) is 3.71. The van der Waals surface area contributed by atoms with E-state index < -0.39 is 0 Å². The van der Waals surface area contributed by atoms with Gasteiger partial charge in [-0.25, -0.2) is 0 Å². The lowest BCUT2D eigenvalue weighted by Gasteiger charge is -2.24. The van der Waals surface area contributed by atoms with E-state index in [0.29, 0.717) is 11.8 Å². The highest BCUT2D eigenvalue weighted by Crippen LogP contribution is 2.42. The summed E-state index contributed by atoms with van der Waals surface area (Å²) in [5.41, 5.74) is -0.264. The maximum atomic E-state index is 13.0. The van der Waals surface area contributed by atoms with E-state index >= 15 is 0 Å². The van der Waals surface area contributed by atoms with Gasteiger partial charge in [-0.2, -0.15) is 0 Å². The summed E-state index contributed by atoms with van der Waals surface area (Å²) in [7, 11) is 0. The molecule has 1 saturated carbocycles.